The third-order valence-corrected chi connectivity index (χ3v) is 6.61. The highest BCUT2D eigenvalue weighted by Crippen LogP contribution is 2.33. The molecule has 7 nitrogen and oxygen atoms in total. The predicted octanol–water partition coefficient (Wildman–Crippen LogP) is 4.62. The van der Waals surface area contributed by atoms with Crippen molar-refractivity contribution < 1.29 is 32.2 Å². The number of amides is 1. The zero-order chi connectivity index (χ0) is 26.1. The maximum atomic E-state index is 13.5. The second kappa shape index (κ2) is 10.4. The highest BCUT2D eigenvalue weighted by atomic mass is 19.4. The quantitative estimate of drug-likeness (QED) is 0.570. The number of rotatable bonds is 6. The zero-order valence-electron chi connectivity index (χ0n) is 21.2. The molecule has 0 N–H and O–H groups in total. The Bertz CT molecular complexity index is 1150. The van der Waals surface area contributed by atoms with Crippen LogP contribution in [0.1, 0.15) is 68.1 Å². The van der Waals surface area contributed by atoms with E-state index in [0.29, 0.717) is 25.2 Å². The lowest BCUT2D eigenvalue weighted by Gasteiger charge is -2.21. The normalized spacial score (nSPS) is 21.4. The van der Waals surface area contributed by atoms with E-state index < -0.39 is 17.6 Å². The topological polar surface area (TPSA) is 67.0 Å². The Balaban J connectivity index is 1.74. The molecule has 36 heavy (non-hydrogen) atoms. The van der Waals surface area contributed by atoms with E-state index in [-0.39, 0.29) is 35.5 Å². The Hall–Kier alpha value is -2.59. The summed E-state index contributed by atoms with van der Waals surface area (Å²) >= 11 is 0. The van der Waals surface area contributed by atoms with Crippen molar-refractivity contribution in [2.45, 2.75) is 76.8 Å². The van der Waals surface area contributed by atoms with Gasteiger partial charge in [0, 0.05) is 37.4 Å². The van der Waals surface area contributed by atoms with Gasteiger partial charge in [-0.15, -0.1) is 0 Å². The first kappa shape index (κ1) is 26.5. The van der Waals surface area contributed by atoms with Gasteiger partial charge in [-0.05, 0) is 43.9 Å². The second-order valence-corrected chi connectivity index (χ2v) is 10.5. The fourth-order valence-corrected chi connectivity index (χ4v) is 4.69. The molecule has 198 valence electrons. The van der Waals surface area contributed by atoms with Gasteiger partial charge in [0.2, 0.25) is 0 Å². The number of benzene rings is 1. The van der Waals surface area contributed by atoms with Crippen molar-refractivity contribution in [3.63, 3.8) is 0 Å². The van der Waals surface area contributed by atoms with E-state index in [2.05, 4.69) is 4.99 Å². The Labute approximate surface area is 208 Å². The second-order valence-electron chi connectivity index (χ2n) is 10.5. The molecular weight excluding hydrogens is 475 g/mol. The van der Waals surface area contributed by atoms with Gasteiger partial charge in [-0.25, -0.2) is 0 Å². The van der Waals surface area contributed by atoms with Gasteiger partial charge in [-0.1, -0.05) is 20.8 Å². The lowest BCUT2D eigenvalue weighted by atomic mass is 9.92. The SMILES string of the molecule is Cn1c(C(C)(C)C)cc(=NC(=O)c2cc(C(F)(F)F)ccc2OC[C@@H]2CCCO2)n1C[C@H]1CCCO1. The van der Waals surface area contributed by atoms with Crippen molar-refractivity contribution in [3.8, 4) is 5.75 Å². The number of carbonyl (C=O) groups excluding carboxylic acids is 1. The van der Waals surface area contributed by atoms with Gasteiger partial charge in [0.1, 0.15) is 12.4 Å². The van der Waals surface area contributed by atoms with Crippen LogP contribution in [0, 0.1) is 0 Å². The van der Waals surface area contributed by atoms with Gasteiger partial charge in [0.05, 0.1) is 29.9 Å². The molecular formula is C26H34F3N3O4. The van der Waals surface area contributed by atoms with Crippen molar-refractivity contribution in [2.24, 2.45) is 12.0 Å². The molecule has 4 rings (SSSR count). The van der Waals surface area contributed by atoms with Crippen LogP contribution in [0.3, 0.4) is 0 Å². The smallest absolute Gasteiger partial charge is 0.416 e. The fraction of sp³-hybridized carbons (Fsp3) is 0.615. The standard InChI is InChI=1S/C26H34F3N3O4/c1-25(2,3)22-14-23(32(31(22)4)15-18-7-5-11-34-18)30-24(33)20-13-17(26(27,28)29)9-10-21(20)36-16-19-8-6-12-35-19/h9-10,13-14,18-19H,5-8,11-12,15-16H2,1-4H3/t18-,19+/m1/s1. The summed E-state index contributed by atoms with van der Waals surface area (Å²) in [5.41, 5.74) is -0.0968. The van der Waals surface area contributed by atoms with Crippen LogP contribution < -0.4 is 10.2 Å². The van der Waals surface area contributed by atoms with Gasteiger partial charge in [-0.3, -0.25) is 14.2 Å². The van der Waals surface area contributed by atoms with E-state index in [1.807, 2.05) is 43.2 Å². The number of carbonyl (C=O) groups is 1. The first-order chi connectivity index (χ1) is 16.9. The largest absolute Gasteiger partial charge is 0.490 e. The summed E-state index contributed by atoms with van der Waals surface area (Å²) in [6.45, 7) is 8.10. The first-order valence-corrected chi connectivity index (χ1v) is 12.4. The maximum Gasteiger partial charge on any atom is 0.416 e. The van der Waals surface area contributed by atoms with Crippen LogP contribution in [0.15, 0.2) is 29.3 Å². The van der Waals surface area contributed by atoms with Gasteiger partial charge in [-0.2, -0.15) is 18.2 Å². The van der Waals surface area contributed by atoms with E-state index in [1.165, 1.54) is 6.07 Å². The summed E-state index contributed by atoms with van der Waals surface area (Å²) in [7, 11) is 1.89. The van der Waals surface area contributed by atoms with Crippen LogP contribution in [0.5, 0.6) is 5.75 Å². The van der Waals surface area contributed by atoms with Gasteiger partial charge < -0.3 is 14.2 Å². The number of nitrogens with zero attached hydrogens (tertiary/aromatic N) is 3. The van der Waals surface area contributed by atoms with Crippen LogP contribution in [-0.2, 0) is 34.7 Å². The van der Waals surface area contributed by atoms with Gasteiger partial charge in [0.25, 0.3) is 5.91 Å². The molecule has 3 heterocycles. The maximum absolute atomic E-state index is 13.5. The lowest BCUT2D eigenvalue weighted by Crippen LogP contribution is -2.30. The Morgan fingerprint density at radius 3 is 2.33 bits per heavy atom. The molecule has 1 aromatic carbocycles. The number of ether oxygens (including phenoxy) is 3. The summed E-state index contributed by atoms with van der Waals surface area (Å²) in [4.78, 5) is 17.7. The minimum Gasteiger partial charge on any atom is -0.490 e. The van der Waals surface area contributed by atoms with Crippen molar-refractivity contribution in [1.82, 2.24) is 9.36 Å². The van der Waals surface area contributed by atoms with Crippen molar-refractivity contribution in [2.75, 3.05) is 19.8 Å². The Kier molecular flexibility index (Phi) is 7.66. The summed E-state index contributed by atoms with van der Waals surface area (Å²) < 4.78 is 61.3. The average Bonchev–Trinajstić information content (AvgIpc) is 3.55. The fourth-order valence-electron chi connectivity index (χ4n) is 4.69. The van der Waals surface area contributed by atoms with E-state index >= 15 is 0 Å². The highest BCUT2D eigenvalue weighted by Gasteiger charge is 2.32. The average molecular weight is 510 g/mol. The van der Waals surface area contributed by atoms with E-state index in [9.17, 15) is 18.0 Å². The Morgan fingerprint density at radius 2 is 1.75 bits per heavy atom. The molecule has 0 aliphatic carbocycles. The van der Waals surface area contributed by atoms with Crippen LogP contribution in [0.25, 0.3) is 0 Å². The Morgan fingerprint density at radius 1 is 1.08 bits per heavy atom. The summed E-state index contributed by atoms with van der Waals surface area (Å²) in [6.07, 6.45) is -1.21. The minimum absolute atomic E-state index is 0.0145. The summed E-state index contributed by atoms with van der Waals surface area (Å²) in [5, 5.41) is 0. The molecule has 2 fully saturated rings. The number of halogens is 3. The first-order valence-electron chi connectivity index (χ1n) is 12.4. The molecule has 0 spiro atoms. The molecule has 2 atom stereocenters. The molecule has 1 amide bonds. The van der Waals surface area contributed by atoms with Crippen molar-refractivity contribution in [3.05, 3.63) is 46.6 Å². The molecule has 0 saturated carbocycles. The molecule has 2 aliphatic heterocycles. The van der Waals surface area contributed by atoms with Crippen molar-refractivity contribution >= 4 is 5.91 Å². The molecule has 10 heteroatoms. The molecule has 2 aliphatic rings. The van der Waals surface area contributed by atoms with Crippen LogP contribution in [0.2, 0.25) is 0 Å². The summed E-state index contributed by atoms with van der Waals surface area (Å²) in [5.74, 6) is -0.736. The van der Waals surface area contributed by atoms with Gasteiger partial charge >= 0.3 is 6.18 Å². The van der Waals surface area contributed by atoms with Crippen LogP contribution in [-0.4, -0.2) is 47.3 Å². The summed E-state index contributed by atoms with van der Waals surface area (Å²) in [6, 6.07) is 4.73. The van der Waals surface area contributed by atoms with E-state index in [1.54, 1.807) is 0 Å². The lowest BCUT2D eigenvalue weighted by molar-refractivity contribution is -0.137. The molecule has 0 radical (unpaired) electrons. The van der Waals surface area contributed by atoms with Crippen LogP contribution >= 0.6 is 0 Å². The van der Waals surface area contributed by atoms with Crippen molar-refractivity contribution in [1.29, 1.82) is 0 Å². The molecule has 1 aromatic heterocycles. The van der Waals surface area contributed by atoms with E-state index in [0.717, 1.165) is 43.5 Å². The third-order valence-electron chi connectivity index (χ3n) is 6.61. The molecule has 2 aromatic rings. The minimum atomic E-state index is -4.60. The molecule has 0 bridgehead atoms. The monoisotopic (exact) mass is 509 g/mol. The number of aromatic nitrogens is 2. The van der Waals surface area contributed by atoms with Crippen LogP contribution in [0.4, 0.5) is 13.2 Å². The number of hydrogen-bond acceptors (Lipinski definition) is 4. The third kappa shape index (κ3) is 6.03. The molecule has 2 saturated heterocycles. The number of hydrogen-bond donors (Lipinski definition) is 0. The molecule has 0 unspecified atom stereocenters. The zero-order valence-corrected chi connectivity index (χ0v) is 21.2. The van der Waals surface area contributed by atoms with Gasteiger partial charge in [0.15, 0.2) is 5.49 Å². The number of alkyl halides is 3. The highest BCUT2D eigenvalue weighted by molar-refractivity contribution is 5.97. The predicted molar refractivity (Wildman–Crippen MR) is 127 cm³/mol. The van der Waals surface area contributed by atoms with E-state index in [4.69, 9.17) is 14.2 Å².